The number of nitrogens with two attached hydrogens (primary N) is 2. The molecule has 0 atom stereocenters. The van der Waals surface area contributed by atoms with Crippen LogP contribution in [0, 0.1) is 19.8 Å². The van der Waals surface area contributed by atoms with E-state index in [-0.39, 0.29) is 18.3 Å². The molecule has 0 saturated carbocycles. The summed E-state index contributed by atoms with van der Waals surface area (Å²) in [6.07, 6.45) is 7.56. The van der Waals surface area contributed by atoms with Gasteiger partial charge in [-0.15, -0.1) is 0 Å². The van der Waals surface area contributed by atoms with Gasteiger partial charge in [0.05, 0.1) is 7.05 Å². The van der Waals surface area contributed by atoms with Crippen LogP contribution in [0.1, 0.15) is 24.0 Å². The van der Waals surface area contributed by atoms with Gasteiger partial charge >= 0.3 is 0 Å². The Hall–Kier alpha value is -3.19. The molecule has 1 aliphatic rings. The number of nitrogen functional groups attached to an aromatic ring is 2. The quantitative estimate of drug-likeness (QED) is 0.386. The highest BCUT2D eigenvalue weighted by Gasteiger charge is 2.25. The summed E-state index contributed by atoms with van der Waals surface area (Å²) in [7, 11) is 1.97. The molecule has 1 saturated heterocycles. The minimum absolute atomic E-state index is 0. The lowest BCUT2D eigenvalue weighted by atomic mass is 9.95. The predicted octanol–water partition coefficient (Wildman–Crippen LogP) is 0.0901. The standard InChI is InChI=1S/C27H37N6O.ClH/c1-20-16-23(4-6-25(20)28)32-10-8-22(27(34)18-31-13-12-30(3)19-31)9-11-33(15-14-32)24-5-7-26(29)21(2)17-24;/h4-7,12-13,16-17,19,22H,8-11,14-15,18,28-29H2,1-3H3;1H/q+1;/p-1. The number of Topliss-reactive ketones (excluding diaryl/α,β-unsaturated/α-hetero) is 1. The molecule has 0 radical (unpaired) electrons. The topological polar surface area (TPSA) is 84.4 Å². The molecule has 0 spiro atoms. The molecule has 1 aromatic heterocycles. The zero-order chi connectivity index (χ0) is 24.2. The van der Waals surface area contributed by atoms with Crippen molar-refractivity contribution in [2.45, 2.75) is 33.2 Å². The van der Waals surface area contributed by atoms with Gasteiger partial charge in [-0.25, -0.2) is 9.13 Å². The average Bonchev–Trinajstić information content (AvgIpc) is 3.25. The number of nitrogens with zero attached hydrogens (tertiary/aromatic N) is 4. The number of anilines is 4. The van der Waals surface area contributed by atoms with Crippen molar-refractivity contribution in [3.8, 4) is 0 Å². The smallest absolute Gasteiger partial charge is 0.243 e. The van der Waals surface area contributed by atoms with Crippen LogP contribution in [0.25, 0.3) is 0 Å². The van der Waals surface area contributed by atoms with Gasteiger partial charge in [0.25, 0.3) is 0 Å². The maximum absolute atomic E-state index is 13.3. The van der Waals surface area contributed by atoms with Gasteiger partial charge in [0.15, 0.2) is 5.78 Å². The van der Waals surface area contributed by atoms with Crippen LogP contribution in [-0.2, 0) is 18.4 Å². The molecule has 0 amide bonds. The van der Waals surface area contributed by atoms with Crippen LogP contribution in [0.2, 0.25) is 0 Å². The van der Waals surface area contributed by atoms with Gasteiger partial charge < -0.3 is 33.7 Å². The van der Waals surface area contributed by atoms with Crippen molar-refractivity contribution in [2.24, 2.45) is 13.0 Å². The predicted molar refractivity (Wildman–Crippen MR) is 139 cm³/mol. The van der Waals surface area contributed by atoms with E-state index in [1.54, 1.807) is 0 Å². The molecular formula is C27H37ClN6O. The Morgan fingerprint density at radius 2 is 1.43 bits per heavy atom. The molecule has 2 aromatic carbocycles. The molecule has 2 heterocycles. The summed E-state index contributed by atoms with van der Waals surface area (Å²) in [5, 5.41) is 0. The van der Waals surface area contributed by atoms with E-state index in [0.717, 1.165) is 72.9 Å². The zero-order valence-electron chi connectivity index (χ0n) is 21.0. The molecule has 4 N–H and O–H groups in total. The molecule has 0 bridgehead atoms. The van der Waals surface area contributed by atoms with E-state index in [1.807, 2.05) is 60.9 Å². The van der Waals surface area contributed by atoms with Crippen LogP contribution >= 0.6 is 0 Å². The summed E-state index contributed by atoms with van der Waals surface area (Å²) < 4.78 is 3.93. The number of rotatable bonds is 5. The number of aromatic nitrogens is 2. The first-order valence-corrected chi connectivity index (χ1v) is 12.1. The van der Waals surface area contributed by atoms with Gasteiger partial charge in [-0.3, -0.25) is 4.79 Å². The summed E-state index contributed by atoms with van der Waals surface area (Å²) >= 11 is 0. The molecule has 188 valence electrons. The Bertz CT molecular complexity index is 1100. The molecule has 4 rings (SSSR count). The largest absolute Gasteiger partial charge is 1.00 e. The monoisotopic (exact) mass is 496 g/mol. The lowest BCUT2D eigenvalue weighted by Gasteiger charge is -2.29. The Morgan fingerprint density at radius 1 is 0.914 bits per heavy atom. The second-order valence-corrected chi connectivity index (χ2v) is 9.55. The van der Waals surface area contributed by atoms with Crippen molar-refractivity contribution in [2.75, 3.05) is 47.4 Å². The van der Waals surface area contributed by atoms with E-state index in [9.17, 15) is 4.79 Å². The molecule has 0 unspecified atom stereocenters. The number of hydrogen-bond acceptors (Lipinski definition) is 5. The Morgan fingerprint density at radius 3 is 1.86 bits per heavy atom. The summed E-state index contributed by atoms with van der Waals surface area (Å²) in [5.41, 5.74) is 18.2. The zero-order valence-corrected chi connectivity index (χ0v) is 21.7. The van der Waals surface area contributed by atoms with Gasteiger partial charge in [0, 0.05) is 54.8 Å². The molecule has 7 nitrogen and oxygen atoms in total. The first-order chi connectivity index (χ1) is 16.3. The van der Waals surface area contributed by atoms with Crippen LogP contribution in [0.4, 0.5) is 22.7 Å². The first-order valence-electron chi connectivity index (χ1n) is 12.1. The number of carbonyl (C=O) groups excluding carboxylic acids is 1. The summed E-state index contributed by atoms with van der Waals surface area (Å²) in [6.45, 7) is 7.93. The molecule has 1 fully saturated rings. The SMILES string of the molecule is Cc1cc(N2CCC(C(=O)Cn3cc[n+](C)c3)CCN(c3ccc(N)c(C)c3)CC2)ccc1N.[Cl-]. The summed E-state index contributed by atoms with van der Waals surface area (Å²) in [4.78, 5) is 18.1. The average molecular weight is 497 g/mol. The second-order valence-electron chi connectivity index (χ2n) is 9.55. The van der Waals surface area contributed by atoms with Crippen LogP contribution in [0.15, 0.2) is 55.1 Å². The maximum atomic E-state index is 13.3. The summed E-state index contributed by atoms with van der Waals surface area (Å²) in [6, 6.07) is 12.5. The van der Waals surface area contributed by atoms with Crippen molar-refractivity contribution >= 4 is 28.5 Å². The van der Waals surface area contributed by atoms with Crippen molar-refractivity contribution in [1.82, 2.24) is 4.57 Å². The van der Waals surface area contributed by atoms with E-state index in [2.05, 4.69) is 34.1 Å². The Balaban J connectivity index is 0.00000342. The van der Waals surface area contributed by atoms with E-state index in [0.29, 0.717) is 12.3 Å². The first kappa shape index (κ1) is 26.4. The number of ketones is 1. The second kappa shape index (κ2) is 11.5. The highest BCUT2D eigenvalue weighted by Crippen LogP contribution is 2.26. The maximum Gasteiger partial charge on any atom is 0.243 e. The van der Waals surface area contributed by atoms with Gasteiger partial charge in [-0.1, -0.05) is 0 Å². The van der Waals surface area contributed by atoms with E-state index < -0.39 is 0 Å². The molecule has 8 heteroatoms. The van der Waals surface area contributed by atoms with Gasteiger partial charge in [-0.05, 0) is 74.2 Å². The fraction of sp³-hybridized carbons (Fsp3) is 0.407. The summed E-state index contributed by atoms with van der Waals surface area (Å²) in [5.74, 6) is 0.292. The van der Waals surface area contributed by atoms with Crippen molar-refractivity contribution in [3.63, 3.8) is 0 Å². The number of halogens is 1. The van der Waals surface area contributed by atoms with Gasteiger partial charge in [0.1, 0.15) is 18.9 Å². The lowest BCUT2D eigenvalue weighted by molar-refractivity contribution is -0.671. The fourth-order valence-electron chi connectivity index (χ4n) is 4.69. The van der Waals surface area contributed by atoms with Crippen LogP contribution in [0.3, 0.4) is 0 Å². The Labute approximate surface area is 214 Å². The highest BCUT2D eigenvalue weighted by molar-refractivity contribution is 5.81. The van der Waals surface area contributed by atoms with Crippen molar-refractivity contribution in [3.05, 3.63) is 66.2 Å². The third-order valence-electron chi connectivity index (χ3n) is 6.99. The fourth-order valence-corrected chi connectivity index (χ4v) is 4.69. The minimum atomic E-state index is 0. The lowest BCUT2D eigenvalue weighted by Crippen LogP contribution is -3.00. The van der Waals surface area contributed by atoms with E-state index >= 15 is 0 Å². The molecule has 1 aliphatic heterocycles. The minimum Gasteiger partial charge on any atom is -1.00 e. The van der Waals surface area contributed by atoms with Crippen molar-refractivity contribution in [1.29, 1.82) is 0 Å². The highest BCUT2D eigenvalue weighted by atomic mass is 35.5. The number of benzene rings is 2. The number of hydrogen-bond donors (Lipinski definition) is 2. The van der Waals surface area contributed by atoms with Crippen LogP contribution in [0.5, 0.6) is 0 Å². The molecule has 3 aromatic rings. The molecule has 0 aliphatic carbocycles. The third kappa shape index (κ3) is 6.48. The Kier molecular flexibility index (Phi) is 8.67. The van der Waals surface area contributed by atoms with Crippen LogP contribution < -0.4 is 38.2 Å². The van der Waals surface area contributed by atoms with Crippen LogP contribution in [-0.4, -0.2) is 36.5 Å². The molecule has 35 heavy (non-hydrogen) atoms. The normalized spacial score (nSPS) is 15.2. The number of aryl methyl sites for hydroxylation is 3. The number of imidazole rings is 1. The van der Waals surface area contributed by atoms with Crippen molar-refractivity contribution < 1.29 is 21.8 Å². The third-order valence-corrected chi connectivity index (χ3v) is 6.99. The van der Waals surface area contributed by atoms with E-state index in [4.69, 9.17) is 11.5 Å². The van der Waals surface area contributed by atoms with E-state index in [1.165, 1.54) is 0 Å². The van der Waals surface area contributed by atoms with Gasteiger partial charge in [-0.2, -0.15) is 0 Å². The number of carbonyl (C=O) groups is 1. The van der Waals surface area contributed by atoms with Gasteiger partial charge in [0.2, 0.25) is 6.33 Å². The molecular weight excluding hydrogens is 460 g/mol.